The van der Waals surface area contributed by atoms with Crippen LogP contribution in [0.5, 0.6) is 0 Å². The van der Waals surface area contributed by atoms with Crippen molar-refractivity contribution in [2.75, 3.05) is 78.5 Å². The van der Waals surface area contributed by atoms with Crippen molar-refractivity contribution in [3.63, 3.8) is 0 Å². The largest absolute Gasteiger partial charge is 0.618 e. The van der Waals surface area contributed by atoms with Gasteiger partial charge in [0.25, 0.3) is 0 Å². The SMILES string of the molecule is NC(=O)N1CCC(CC(=O)N2CCN(C3c4ccc(Cl)cc4CCc4cc(Br)c[n+]([O-])c43)CC2)CC1.O=C(CC1CCNCC1)N1CCN(C2c3ccc(Cl)cc3CCc3cc(Br)c[n+]([O-])c32)CC1. The number of amides is 4. The second-order valence-electron chi connectivity index (χ2n) is 19.5. The number of pyridine rings is 2. The molecule has 4 amide bonds. The maximum atomic E-state index is 13.2. The lowest BCUT2D eigenvalue weighted by Crippen LogP contribution is -2.52. The van der Waals surface area contributed by atoms with Gasteiger partial charge in [-0.05, 0) is 167 Å². The number of carbonyl (C=O) groups excluding carboxylic acids is 3. The zero-order chi connectivity index (χ0) is 48.3. The number of nitrogens with zero attached hydrogens (tertiary/aromatic N) is 7. The number of hydrogen-bond acceptors (Lipinski definition) is 8. The smallest absolute Gasteiger partial charge is 0.314 e. The number of halogens is 4. The number of nitrogens with two attached hydrogens (primary N) is 1. The molecule has 2 aromatic heterocycles. The van der Waals surface area contributed by atoms with E-state index in [1.54, 1.807) is 17.3 Å². The number of urea groups is 1. The van der Waals surface area contributed by atoms with Crippen molar-refractivity contribution in [3.8, 4) is 0 Å². The summed E-state index contributed by atoms with van der Waals surface area (Å²) < 4.78 is 3.61. The maximum absolute atomic E-state index is 13.2. The van der Waals surface area contributed by atoms with Crippen LogP contribution in [0.4, 0.5) is 4.79 Å². The average Bonchev–Trinajstić information content (AvgIpc) is 3.60. The van der Waals surface area contributed by atoms with Crippen molar-refractivity contribution in [3.05, 3.63) is 135 Å². The quantitative estimate of drug-likeness (QED) is 0.159. The van der Waals surface area contributed by atoms with Crippen molar-refractivity contribution in [1.82, 2.24) is 29.8 Å². The molecule has 6 heterocycles. The monoisotopic (exact) mass is 1110 g/mol. The highest BCUT2D eigenvalue weighted by Crippen LogP contribution is 2.39. The fraction of sp³-hybridized carbons (Fsp3) is 0.510. The molecular formula is C51H61Br2Cl2N9O5. The topological polar surface area (TPSA) is 159 Å². The van der Waals surface area contributed by atoms with E-state index in [9.17, 15) is 24.8 Å². The van der Waals surface area contributed by atoms with Crippen molar-refractivity contribution in [1.29, 1.82) is 0 Å². The van der Waals surface area contributed by atoms with Crippen LogP contribution in [0, 0.1) is 22.3 Å². The Labute approximate surface area is 431 Å². The molecule has 0 saturated carbocycles. The van der Waals surface area contributed by atoms with Crippen LogP contribution < -0.4 is 20.5 Å². The number of aryl methyl sites for hydroxylation is 4. The van der Waals surface area contributed by atoms with Crippen molar-refractivity contribution >= 4 is 72.9 Å². The molecule has 0 radical (unpaired) electrons. The number of nitrogens with one attached hydrogen (secondary N) is 1. The summed E-state index contributed by atoms with van der Waals surface area (Å²) in [5, 5.41) is 31.1. The summed E-state index contributed by atoms with van der Waals surface area (Å²) in [4.78, 5) is 47.7. The van der Waals surface area contributed by atoms with Crippen LogP contribution in [0.25, 0.3) is 0 Å². The van der Waals surface area contributed by atoms with Gasteiger partial charge in [-0.15, -0.1) is 0 Å². The fourth-order valence-electron chi connectivity index (χ4n) is 11.5. The molecule has 69 heavy (non-hydrogen) atoms. The van der Waals surface area contributed by atoms with Crippen LogP contribution in [0.1, 0.15) is 95.4 Å². The van der Waals surface area contributed by atoms with E-state index in [1.807, 2.05) is 40.1 Å². The summed E-state index contributed by atoms with van der Waals surface area (Å²) in [5.74, 6) is 1.23. The first-order valence-electron chi connectivity index (χ1n) is 24.5. The molecule has 4 aromatic rings. The highest BCUT2D eigenvalue weighted by Gasteiger charge is 2.40. The molecular weight excluding hydrogens is 1050 g/mol. The molecule has 3 N–H and O–H groups in total. The molecule has 0 bridgehead atoms. The second-order valence-corrected chi connectivity index (χ2v) is 22.2. The van der Waals surface area contributed by atoms with Gasteiger partial charge in [0.15, 0.2) is 12.4 Å². The summed E-state index contributed by atoms with van der Waals surface area (Å²) in [5.41, 5.74) is 13.7. The number of likely N-dealkylation sites (tertiary alicyclic amines) is 1. The third kappa shape index (κ3) is 11.5. The van der Waals surface area contributed by atoms with Gasteiger partial charge in [0, 0.05) is 99.5 Å². The van der Waals surface area contributed by atoms with E-state index in [1.165, 1.54) is 11.1 Å². The van der Waals surface area contributed by atoms with Crippen LogP contribution in [0.3, 0.4) is 0 Å². The van der Waals surface area contributed by atoms with Crippen molar-refractivity contribution in [2.24, 2.45) is 17.6 Å². The van der Waals surface area contributed by atoms with Gasteiger partial charge in [0.05, 0.1) is 8.95 Å². The number of carbonyl (C=O) groups is 3. The highest BCUT2D eigenvalue weighted by molar-refractivity contribution is 9.10. The molecule has 4 fully saturated rings. The molecule has 2 aliphatic carbocycles. The molecule has 10 rings (SSSR count). The Bertz CT molecular complexity index is 2540. The minimum absolute atomic E-state index is 0.137. The molecule has 14 nitrogen and oxygen atoms in total. The Morgan fingerprint density at radius 2 is 0.986 bits per heavy atom. The molecule has 368 valence electrons. The second kappa shape index (κ2) is 22.2. The van der Waals surface area contributed by atoms with Crippen LogP contribution in [0.15, 0.2) is 69.9 Å². The van der Waals surface area contributed by atoms with Gasteiger partial charge in [0.1, 0.15) is 12.1 Å². The van der Waals surface area contributed by atoms with Gasteiger partial charge in [-0.1, -0.05) is 35.3 Å². The summed E-state index contributed by atoms with van der Waals surface area (Å²) in [6.45, 7) is 8.81. The first-order chi connectivity index (χ1) is 33.3. The molecule has 2 unspecified atom stereocenters. The number of primary amides is 1. The molecule has 4 saturated heterocycles. The summed E-state index contributed by atoms with van der Waals surface area (Å²) >= 11 is 19.6. The molecule has 2 aromatic carbocycles. The number of fused-ring (bicyclic) bond motifs is 4. The highest BCUT2D eigenvalue weighted by atomic mass is 79.9. The lowest BCUT2D eigenvalue weighted by molar-refractivity contribution is -0.617. The first kappa shape index (κ1) is 49.9. The van der Waals surface area contributed by atoms with Gasteiger partial charge in [-0.3, -0.25) is 19.4 Å². The Balaban J connectivity index is 0.000000172. The van der Waals surface area contributed by atoms with Crippen molar-refractivity contribution < 1.29 is 23.8 Å². The van der Waals surface area contributed by atoms with E-state index in [0.717, 1.165) is 135 Å². The number of piperazine rings is 2. The van der Waals surface area contributed by atoms with E-state index in [2.05, 4.69) is 65.2 Å². The van der Waals surface area contributed by atoms with Gasteiger partial charge < -0.3 is 36.2 Å². The fourth-order valence-corrected chi connectivity index (χ4v) is 12.9. The lowest BCUT2D eigenvalue weighted by atomic mass is 9.93. The number of piperidine rings is 2. The van der Waals surface area contributed by atoms with Gasteiger partial charge in [0.2, 0.25) is 23.2 Å². The van der Waals surface area contributed by atoms with E-state index in [0.29, 0.717) is 76.1 Å². The standard InChI is InChI=1S/C26H31BrClN5O3.C25H30BrClN4O2/c27-20-14-19-2-1-18-15-21(28)3-4-22(18)25(24(19)33(36)16-20)31-11-9-30(10-12-31)23(34)13-17-5-7-32(8-6-17)26(29)35;26-20-14-19-2-1-18-15-21(27)3-4-22(18)25(24(19)31(33)16-20)30-11-9-29(10-12-30)23(32)13-17-5-7-28-8-6-17/h3-4,14-17,25H,1-2,5-13H2,(H2,29,35);3-4,14-17,25,28H,1-2,5-13H2. The zero-order valence-electron chi connectivity index (χ0n) is 38.9. The third-order valence-electron chi connectivity index (χ3n) is 15.3. The Morgan fingerprint density at radius 3 is 1.41 bits per heavy atom. The van der Waals surface area contributed by atoms with E-state index < -0.39 is 0 Å². The van der Waals surface area contributed by atoms with Crippen molar-refractivity contribution in [2.45, 2.75) is 76.3 Å². The van der Waals surface area contributed by atoms with E-state index in [-0.39, 0.29) is 35.8 Å². The summed E-state index contributed by atoms with van der Waals surface area (Å²) in [7, 11) is 0. The maximum Gasteiger partial charge on any atom is 0.314 e. The molecule has 0 spiro atoms. The van der Waals surface area contributed by atoms with Gasteiger partial charge >= 0.3 is 6.03 Å². The van der Waals surface area contributed by atoms with Gasteiger partial charge in [-0.25, -0.2) is 4.79 Å². The molecule has 6 aliphatic rings. The Kier molecular flexibility index (Phi) is 16.0. The number of benzene rings is 2. The number of rotatable bonds is 6. The number of hydrogen-bond donors (Lipinski definition) is 2. The van der Waals surface area contributed by atoms with Crippen LogP contribution in [0.2, 0.25) is 10.0 Å². The van der Waals surface area contributed by atoms with Gasteiger partial charge in [-0.2, -0.15) is 9.46 Å². The average molecular weight is 1110 g/mol. The molecule has 2 atom stereocenters. The van der Waals surface area contributed by atoms with E-state index >= 15 is 0 Å². The molecule has 4 aliphatic heterocycles. The summed E-state index contributed by atoms with van der Waals surface area (Å²) in [6.07, 6.45) is 11.4. The predicted molar refractivity (Wildman–Crippen MR) is 273 cm³/mol. The lowest BCUT2D eigenvalue weighted by Gasteiger charge is -2.39. The minimum atomic E-state index is -0.383. The Morgan fingerprint density at radius 1 is 0.580 bits per heavy atom. The predicted octanol–water partition coefficient (Wildman–Crippen LogP) is 6.71. The minimum Gasteiger partial charge on any atom is -0.618 e. The summed E-state index contributed by atoms with van der Waals surface area (Å²) in [6, 6.07) is 15.4. The van der Waals surface area contributed by atoms with Crippen LogP contribution in [-0.4, -0.2) is 121 Å². The normalized spacial score (nSPS) is 21.4. The molecule has 18 heteroatoms. The Hall–Kier alpha value is -4.03. The van der Waals surface area contributed by atoms with E-state index in [4.69, 9.17) is 28.9 Å². The number of aromatic nitrogens is 2. The third-order valence-corrected chi connectivity index (χ3v) is 16.6. The zero-order valence-corrected chi connectivity index (χ0v) is 43.6. The van der Waals surface area contributed by atoms with Crippen LogP contribution in [-0.2, 0) is 35.3 Å². The van der Waals surface area contributed by atoms with Crippen LogP contribution >= 0.6 is 55.1 Å². The first-order valence-corrected chi connectivity index (χ1v) is 26.8.